The minimum atomic E-state index is -1.07. The first-order chi connectivity index (χ1) is 9.99. The summed E-state index contributed by atoms with van der Waals surface area (Å²) in [6, 6.07) is 5.12. The van der Waals surface area contributed by atoms with E-state index in [0.29, 0.717) is 22.2 Å². The maximum Gasteiger partial charge on any atom is 0.334 e. The highest BCUT2D eigenvalue weighted by molar-refractivity contribution is 6.42. The minimum Gasteiger partial charge on any atom is -0.479 e. The summed E-state index contributed by atoms with van der Waals surface area (Å²) in [6.07, 6.45) is 1.93. The third-order valence-electron chi connectivity index (χ3n) is 3.04. The van der Waals surface area contributed by atoms with Crippen LogP contribution in [0, 0.1) is 0 Å². The van der Waals surface area contributed by atoms with Gasteiger partial charge in [0.05, 0.1) is 23.2 Å². The number of carboxylic acid groups (broad SMARTS) is 1. The van der Waals surface area contributed by atoms with Gasteiger partial charge >= 0.3 is 5.97 Å². The fourth-order valence-electron chi connectivity index (χ4n) is 1.91. The molecule has 0 bridgehead atoms. The standard InChI is InChI=1S/C14H13Cl2NO4/c15-10-3-1-2-9(13(10)16)4-5-12(18)17-6-7-21-11(8-17)14(19)20/h1-5,11H,6-8H2,(H,19,20)/b5-4+/t11-/m0/s1. The molecule has 1 amide bonds. The summed E-state index contributed by atoms with van der Waals surface area (Å²) in [5.41, 5.74) is 0.626. The zero-order valence-corrected chi connectivity index (χ0v) is 12.5. The molecule has 0 unspecified atom stereocenters. The summed E-state index contributed by atoms with van der Waals surface area (Å²) in [5.74, 6) is -1.37. The van der Waals surface area contributed by atoms with Crippen LogP contribution in [0.4, 0.5) is 0 Å². The van der Waals surface area contributed by atoms with Crippen LogP contribution in [0.5, 0.6) is 0 Å². The lowest BCUT2D eigenvalue weighted by Crippen LogP contribution is -2.48. The second kappa shape index (κ2) is 6.93. The third-order valence-corrected chi connectivity index (χ3v) is 3.87. The SMILES string of the molecule is O=C(O)[C@@H]1CN(C(=O)/C=C/c2cccc(Cl)c2Cl)CCO1. The van der Waals surface area contributed by atoms with Gasteiger partial charge in [-0.05, 0) is 17.7 Å². The predicted molar refractivity (Wildman–Crippen MR) is 79.5 cm³/mol. The fourth-order valence-corrected chi connectivity index (χ4v) is 2.29. The van der Waals surface area contributed by atoms with Crippen molar-refractivity contribution in [1.29, 1.82) is 0 Å². The van der Waals surface area contributed by atoms with Crippen molar-refractivity contribution >= 4 is 41.2 Å². The zero-order valence-electron chi connectivity index (χ0n) is 11.0. The highest BCUT2D eigenvalue weighted by Crippen LogP contribution is 2.26. The summed E-state index contributed by atoms with van der Waals surface area (Å²) >= 11 is 11.9. The van der Waals surface area contributed by atoms with Gasteiger partial charge in [0.15, 0.2) is 6.10 Å². The molecule has 1 saturated heterocycles. The Bertz CT molecular complexity index is 588. The Balaban J connectivity index is 2.05. The Kier molecular flexibility index (Phi) is 5.22. The van der Waals surface area contributed by atoms with Crippen molar-refractivity contribution in [3.05, 3.63) is 39.9 Å². The van der Waals surface area contributed by atoms with Crippen LogP contribution in [0.3, 0.4) is 0 Å². The largest absolute Gasteiger partial charge is 0.479 e. The van der Waals surface area contributed by atoms with Gasteiger partial charge in [0.1, 0.15) is 0 Å². The molecule has 0 saturated carbocycles. The Hall–Kier alpha value is -1.56. The number of aliphatic carboxylic acids is 1. The van der Waals surface area contributed by atoms with E-state index in [9.17, 15) is 9.59 Å². The second-order valence-electron chi connectivity index (χ2n) is 4.46. The number of carboxylic acids is 1. The molecular formula is C14H13Cl2NO4. The van der Waals surface area contributed by atoms with E-state index in [1.807, 2.05) is 0 Å². The van der Waals surface area contributed by atoms with Gasteiger partial charge in [0.2, 0.25) is 5.91 Å². The highest BCUT2D eigenvalue weighted by Gasteiger charge is 2.27. The zero-order chi connectivity index (χ0) is 15.4. The number of amides is 1. The van der Waals surface area contributed by atoms with Crippen LogP contribution >= 0.6 is 23.2 Å². The number of ether oxygens (including phenoxy) is 1. The molecule has 2 rings (SSSR count). The van der Waals surface area contributed by atoms with Gasteiger partial charge in [-0.1, -0.05) is 35.3 Å². The normalized spacial score (nSPS) is 19.0. The quantitative estimate of drug-likeness (QED) is 0.864. The molecule has 5 nitrogen and oxygen atoms in total. The number of carbonyl (C=O) groups is 2. The molecule has 1 aliphatic rings. The average Bonchev–Trinajstić information content (AvgIpc) is 2.48. The van der Waals surface area contributed by atoms with E-state index >= 15 is 0 Å². The van der Waals surface area contributed by atoms with E-state index in [1.165, 1.54) is 11.0 Å². The molecule has 0 radical (unpaired) electrons. The van der Waals surface area contributed by atoms with Crippen LogP contribution in [-0.4, -0.2) is 47.7 Å². The summed E-state index contributed by atoms with van der Waals surface area (Å²) in [4.78, 5) is 24.3. The van der Waals surface area contributed by atoms with Gasteiger partial charge in [-0.15, -0.1) is 0 Å². The number of hydrogen-bond donors (Lipinski definition) is 1. The van der Waals surface area contributed by atoms with Crippen molar-refractivity contribution in [2.24, 2.45) is 0 Å². The molecule has 1 fully saturated rings. The van der Waals surface area contributed by atoms with Gasteiger partial charge in [-0.25, -0.2) is 4.79 Å². The molecule has 0 aliphatic carbocycles. The number of carbonyl (C=O) groups excluding carboxylic acids is 1. The number of nitrogens with zero attached hydrogens (tertiary/aromatic N) is 1. The Morgan fingerprint density at radius 2 is 2.14 bits per heavy atom. The average molecular weight is 330 g/mol. The molecule has 7 heteroatoms. The summed E-state index contributed by atoms with van der Waals surface area (Å²) < 4.78 is 5.06. The van der Waals surface area contributed by atoms with Gasteiger partial charge in [-0.3, -0.25) is 4.79 Å². The third kappa shape index (κ3) is 3.97. The molecule has 1 N–H and O–H groups in total. The summed E-state index contributed by atoms with van der Waals surface area (Å²) in [5, 5.41) is 9.67. The second-order valence-corrected chi connectivity index (χ2v) is 5.24. The number of hydrogen-bond acceptors (Lipinski definition) is 3. The van der Waals surface area contributed by atoms with Crippen LogP contribution in [0.25, 0.3) is 6.08 Å². The van der Waals surface area contributed by atoms with Crippen molar-refractivity contribution in [3.8, 4) is 0 Å². The molecule has 1 atom stereocenters. The monoisotopic (exact) mass is 329 g/mol. The Morgan fingerprint density at radius 3 is 2.86 bits per heavy atom. The van der Waals surface area contributed by atoms with E-state index in [2.05, 4.69) is 0 Å². The van der Waals surface area contributed by atoms with Crippen molar-refractivity contribution in [1.82, 2.24) is 4.90 Å². The maximum atomic E-state index is 12.1. The maximum absolute atomic E-state index is 12.1. The highest BCUT2D eigenvalue weighted by atomic mass is 35.5. The van der Waals surface area contributed by atoms with Crippen molar-refractivity contribution in [2.75, 3.05) is 19.7 Å². The fraction of sp³-hybridized carbons (Fsp3) is 0.286. The van der Waals surface area contributed by atoms with Crippen molar-refractivity contribution in [3.63, 3.8) is 0 Å². The van der Waals surface area contributed by atoms with Crippen LogP contribution in [0.2, 0.25) is 10.0 Å². The predicted octanol–water partition coefficient (Wildman–Crippen LogP) is 2.32. The molecule has 1 aromatic carbocycles. The number of halogens is 2. The van der Waals surface area contributed by atoms with Gasteiger partial charge in [0.25, 0.3) is 0 Å². The molecule has 1 aliphatic heterocycles. The molecule has 1 heterocycles. The van der Waals surface area contributed by atoms with Crippen LogP contribution in [0.1, 0.15) is 5.56 Å². The molecule has 112 valence electrons. The smallest absolute Gasteiger partial charge is 0.334 e. The summed E-state index contributed by atoms with van der Waals surface area (Å²) in [7, 11) is 0. The van der Waals surface area contributed by atoms with Gasteiger partial charge in [-0.2, -0.15) is 0 Å². The van der Waals surface area contributed by atoms with E-state index < -0.39 is 12.1 Å². The first-order valence-corrected chi connectivity index (χ1v) is 7.00. The van der Waals surface area contributed by atoms with Crippen LogP contribution in [-0.2, 0) is 14.3 Å². The first kappa shape index (κ1) is 15.8. The molecular weight excluding hydrogens is 317 g/mol. The van der Waals surface area contributed by atoms with Crippen LogP contribution < -0.4 is 0 Å². The lowest BCUT2D eigenvalue weighted by Gasteiger charge is -2.30. The van der Waals surface area contributed by atoms with Gasteiger partial charge < -0.3 is 14.7 Å². The van der Waals surface area contributed by atoms with E-state index in [4.69, 9.17) is 33.0 Å². The summed E-state index contributed by atoms with van der Waals surface area (Å²) in [6.45, 7) is 0.590. The lowest BCUT2D eigenvalue weighted by atomic mass is 10.2. The van der Waals surface area contributed by atoms with E-state index in [-0.39, 0.29) is 19.1 Å². The molecule has 0 spiro atoms. The van der Waals surface area contributed by atoms with E-state index in [1.54, 1.807) is 24.3 Å². The number of morpholine rings is 1. The minimum absolute atomic E-state index is 0.0295. The Morgan fingerprint density at radius 1 is 1.38 bits per heavy atom. The Labute approximate surface area is 131 Å². The van der Waals surface area contributed by atoms with Gasteiger partial charge in [0, 0.05) is 12.6 Å². The van der Waals surface area contributed by atoms with E-state index in [0.717, 1.165) is 0 Å². The van der Waals surface area contributed by atoms with Crippen molar-refractivity contribution < 1.29 is 19.4 Å². The molecule has 21 heavy (non-hydrogen) atoms. The van der Waals surface area contributed by atoms with Crippen LogP contribution in [0.15, 0.2) is 24.3 Å². The lowest BCUT2D eigenvalue weighted by molar-refractivity contribution is -0.158. The first-order valence-electron chi connectivity index (χ1n) is 6.24. The topological polar surface area (TPSA) is 66.8 Å². The number of rotatable bonds is 3. The molecule has 0 aromatic heterocycles. The number of benzene rings is 1. The molecule has 1 aromatic rings. The van der Waals surface area contributed by atoms with Crippen molar-refractivity contribution in [2.45, 2.75) is 6.10 Å².